The third-order valence-corrected chi connectivity index (χ3v) is 4.72. The van der Waals surface area contributed by atoms with Crippen molar-refractivity contribution in [3.05, 3.63) is 28.2 Å². The molecular formula is C12H17Cl2NOS. The Morgan fingerprint density at radius 1 is 1.29 bits per heavy atom. The average Bonchev–Trinajstić information content (AvgIpc) is 2.31. The molecular weight excluding hydrogens is 277 g/mol. The molecule has 0 amide bonds. The van der Waals surface area contributed by atoms with Crippen LogP contribution in [0.3, 0.4) is 0 Å². The van der Waals surface area contributed by atoms with Gasteiger partial charge in [-0.15, -0.1) is 0 Å². The van der Waals surface area contributed by atoms with Crippen LogP contribution in [-0.4, -0.2) is 22.5 Å². The Labute approximate surface area is 115 Å². The van der Waals surface area contributed by atoms with Gasteiger partial charge in [0.25, 0.3) is 0 Å². The van der Waals surface area contributed by atoms with Gasteiger partial charge in [0.15, 0.2) is 0 Å². The third-order valence-electron chi connectivity index (χ3n) is 2.49. The van der Waals surface area contributed by atoms with E-state index in [2.05, 4.69) is 12.2 Å². The fourth-order valence-electron chi connectivity index (χ4n) is 1.51. The molecule has 0 radical (unpaired) electrons. The SMILES string of the molecule is CCNC(CC)CS(=O)c1ccc(Cl)c(Cl)c1. The van der Waals surface area contributed by atoms with E-state index in [1.165, 1.54) is 0 Å². The molecule has 0 heterocycles. The van der Waals surface area contributed by atoms with Crippen molar-refractivity contribution in [1.82, 2.24) is 5.32 Å². The average molecular weight is 294 g/mol. The predicted octanol–water partition coefficient (Wildman–Crippen LogP) is 3.49. The lowest BCUT2D eigenvalue weighted by atomic mass is 10.2. The second kappa shape index (κ2) is 7.37. The quantitative estimate of drug-likeness (QED) is 0.870. The minimum Gasteiger partial charge on any atom is -0.313 e. The van der Waals surface area contributed by atoms with E-state index in [1.807, 2.05) is 6.92 Å². The molecule has 2 nitrogen and oxygen atoms in total. The van der Waals surface area contributed by atoms with Crippen LogP contribution in [-0.2, 0) is 10.8 Å². The van der Waals surface area contributed by atoms with E-state index in [1.54, 1.807) is 18.2 Å². The predicted molar refractivity (Wildman–Crippen MR) is 75.5 cm³/mol. The van der Waals surface area contributed by atoms with Gasteiger partial charge < -0.3 is 5.32 Å². The van der Waals surface area contributed by atoms with Crippen molar-refractivity contribution in [3.63, 3.8) is 0 Å². The largest absolute Gasteiger partial charge is 0.313 e. The van der Waals surface area contributed by atoms with Gasteiger partial charge >= 0.3 is 0 Å². The Bertz CT molecular complexity index is 398. The van der Waals surface area contributed by atoms with E-state index in [0.29, 0.717) is 15.8 Å². The highest BCUT2D eigenvalue weighted by Crippen LogP contribution is 2.24. The molecule has 17 heavy (non-hydrogen) atoms. The van der Waals surface area contributed by atoms with Crippen LogP contribution in [0, 0.1) is 0 Å². The Balaban J connectivity index is 2.72. The van der Waals surface area contributed by atoms with E-state index < -0.39 is 10.8 Å². The highest BCUT2D eigenvalue weighted by molar-refractivity contribution is 7.85. The van der Waals surface area contributed by atoms with Gasteiger partial charge in [-0.05, 0) is 31.2 Å². The summed E-state index contributed by atoms with van der Waals surface area (Å²) >= 11 is 11.7. The highest BCUT2D eigenvalue weighted by Gasteiger charge is 2.12. The van der Waals surface area contributed by atoms with Crippen LogP contribution in [0.15, 0.2) is 23.1 Å². The van der Waals surface area contributed by atoms with Crippen molar-refractivity contribution >= 4 is 34.0 Å². The zero-order chi connectivity index (χ0) is 12.8. The molecule has 2 atom stereocenters. The molecule has 1 aromatic carbocycles. The first-order valence-corrected chi connectivity index (χ1v) is 7.72. The van der Waals surface area contributed by atoms with Crippen LogP contribution in [0.2, 0.25) is 10.0 Å². The normalized spacial score (nSPS) is 14.6. The summed E-state index contributed by atoms with van der Waals surface area (Å²) in [4.78, 5) is 0.732. The number of hydrogen-bond acceptors (Lipinski definition) is 2. The van der Waals surface area contributed by atoms with Crippen molar-refractivity contribution in [2.24, 2.45) is 0 Å². The minimum absolute atomic E-state index is 0.273. The fourth-order valence-corrected chi connectivity index (χ4v) is 3.25. The second-order valence-electron chi connectivity index (χ2n) is 3.75. The van der Waals surface area contributed by atoms with Gasteiger partial charge in [0.2, 0.25) is 0 Å². The van der Waals surface area contributed by atoms with Crippen molar-refractivity contribution < 1.29 is 4.21 Å². The monoisotopic (exact) mass is 293 g/mol. The van der Waals surface area contributed by atoms with Gasteiger partial charge in [0.1, 0.15) is 0 Å². The van der Waals surface area contributed by atoms with Gasteiger partial charge in [-0.1, -0.05) is 37.0 Å². The maximum Gasteiger partial charge on any atom is 0.0604 e. The number of nitrogens with one attached hydrogen (secondary N) is 1. The van der Waals surface area contributed by atoms with E-state index in [4.69, 9.17) is 23.2 Å². The molecule has 0 aromatic heterocycles. The van der Waals surface area contributed by atoms with Crippen LogP contribution in [0.5, 0.6) is 0 Å². The van der Waals surface area contributed by atoms with Crippen LogP contribution < -0.4 is 5.32 Å². The van der Waals surface area contributed by atoms with Crippen LogP contribution in [0.4, 0.5) is 0 Å². The van der Waals surface area contributed by atoms with Gasteiger partial charge in [-0.25, -0.2) is 0 Å². The molecule has 0 fully saturated rings. The molecule has 1 N–H and O–H groups in total. The lowest BCUT2D eigenvalue weighted by Crippen LogP contribution is -2.33. The summed E-state index contributed by atoms with van der Waals surface area (Å²) in [7, 11) is -1.04. The number of hydrogen-bond donors (Lipinski definition) is 1. The van der Waals surface area contributed by atoms with Gasteiger partial charge in [0, 0.05) is 16.7 Å². The summed E-state index contributed by atoms with van der Waals surface area (Å²) in [5, 5.41) is 4.25. The van der Waals surface area contributed by atoms with Crippen molar-refractivity contribution in [2.45, 2.75) is 31.2 Å². The Morgan fingerprint density at radius 3 is 2.53 bits per heavy atom. The summed E-state index contributed by atoms with van der Waals surface area (Å²) in [6.07, 6.45) is 0.959. The molecule has 1 rings (SSSR count). The highest BCUT2D eigenvalue weighted by atomic mass is 35.5. The van der Waals surface area contributed by atoms with E-state index in [0.717, 1.165) is 17.9 Å². The maximum atomic E-state index is 12.1. The van der Waals surface area contributed by atoms with Gasteiger partial charge in [-0.2, -0.15) is 0 Å². The maximum absolute atomic E-state index is 12.1. The standard InChI is InChI=1S/C12H17Cl2NOS/c1-3-9(15-4-2)8-17(16)10-5-6-11(13)12(14)7-10/h5-7,9,15H,3-4,8H2,1-2H3. The van der Waals surface area contributed by atoms with Crippen molar-refractivity contribution in [2.75, 3.05) is 12.3 Å². The second-order valence-corrected chi connectivity index (χ2v) is 6.06. The van der Waals surface area contributed by atoms with Gasteiger partial charge in [0.05, 0.1) is 20.8 Å². The summed E-state index contributed by atoms with van der Waals surface area (Å²) < 4.78 is 12.1. The summed E-state index contributed by atoms with van der Waals surface area (Å²) in [6, 6.07) is 5.41. The van der Waals surface area contributed by atoms with E-state index >= 15 is 0 Å². The lowest BCUT2D eigenvalue weighted by molar-refractivity contribution is 0.553. The Hall–Kier alpha value is -0.0900. The molecule has 0 aliphatic heterocycles. The first-order chi connectivity index (χ1) is 8.08. The first-order valence-electron chi connectivity index (χ1n) is 5.65. The third kappa shape index (κ3) is 4.59. The number of rotatable bonds is 6. The molecule has 0 saturated carbocycles. The molecule has 2 unspecified atom stereocenters. The molecule has 96 valence electrons. The Kier molecular flexibility index (Phi) is 6.49. The van der Waals surface area contributed by atoms with Crippen LogP contribution in [0.25, 0.3) is 0 Å². The molecule has 5 heteroatoms. The summed E-state index contributed by atoms with van der Waals surface area (Å²) in [5.74, 6) is 0.600. The molecule has 0 saturated heterocycles. The lowest BCUT2D eigenvalue weighted by Gasteiger charge is -2.15. The minimum atomic E-state index is -1.04. The number of halogens is 2. The molecule has 0 aliphatic rings. The molecule has 0 aliphatic carbocycles. The fraction of sp³-hybridized carbons (Fsp3) is 0.500. The topological polar surface area (TPSA) is 29.1 Å². The van der Waals surface area contributed by atoms with E-state index in [-0.39, 0.29) is 6.04 Å². The van der Waals surface area contributed by atoms with Crippen molar-refractivity contribution in [1.29, 1.82) is 0 Å². The zero-order valence-electron chi connectivity index (χ0n) is 10.0. The van der Waals surface area contributed by atoms with Gasteiger partial charge in [-0.3, -0.25) is 4.21 Å². The Morgan fingerprint density at radius 2 is 2.00 bits per heavy atom. The van der Waals surface area contributed by atoms with Crippen molar-refractivity contribution in [3.8, 4) is 0 Å². The summed E-state index contributed by atoms with van der Waals surface area (Å²) in [6.45, 7) is 5.02. The van der Waals surface area contributed by atoms with E-state index in [9.17, 15) is 4.21 Å². The smallest absolute Gasteiger partial charge is 0.0604 e. The summed E-state index contributed by atoms with van der Waals surface area (Å²) in [5.41, 5.74) is 0. The zero-order valence-corrected chi connectivity index (χ0v) is 12.3. The molecule has 0 spiro atoms. The van der Waals surface area contributed by atoms with Crippen LogP contribution >= 0.6 is 23.2 Å². The van der Waals surface area contributed by atoms with Crippen LogP contribution in [0.1, 0.15) is 20.3 Å². The molecule has 0 bridgehead atoms. The first kappa shape index (κ1) is 15.0. The molecule has 1 aromatic rings. The number of benzene rings is 1.